The number of ether oxygens (including phenoxy) is 2. The molecule has 1 heterocycles. The van der Waals surface area contributed by atoms with E-state index >= 15 is 0 Å². The van der Waals surface area contributed by atoms with Gasteiger partial charge in [-0.1, -0.05) is 37.3 Å². The SMILES string of the molecule is CC[C@@]1(CCC(=O)OC)N[C@@H](c2ccccc2)COC1=O. The van der Waals surface area contributed by atoms with Crippen LogP contribution in [0.15, 0.2) is 30.3 Å². The minimum Gasteiger partial charge on any atom is -0.469 e. The molecule has 0 aromatic heterocycles. The second kappa shape index (κ2) is 6.72. The summed E-state index contributed by atoms with van der Waals surface area (Å²) in [7, 11) is 1.35. The fourth-order valence-corrected chi connectivity index (χ4v) is 2.61. The summed E-state index contributed by atoms with van der Waals surface area (Å²) in [6.07, 6.45) is 1.12. The highest BCUT2D eigenvalue weighted by Crippen LogP contribution is 2.29. The summed E-state index contributed by atoms with van der Waals surface area (Å²) in [6, 6.07) is 9.80. The minimum absolute atomic E-state index is 0.0542. The van der Waals surface area contributed by atoms with Gasteiger partial charge in [-0.25, -0.2) is 0 Å². The molecule has 2 atom stereocenters. The number of esters is 2. The van der Waals surface area contributed by atoms with Crippen LogP contribution < -0.4 is 5.32 Å². The number of benzene rings is 1. The molecule has 0 bridgehead atoms. The summed E-state index contributed by atoms with van der Waals surface area (Å²) in [5.74, 6) is -0.611. The van der Waals surface area contributed by atoms with Gasteiger partial charge in [0, 0.05) is 6.42 Å². The summed E-state index contributed by atoms with van der Waals surface area (Å²) >= 11 is 0. The third-order valence-electron chi connectivity index (χ3n) is 4.01. The Labute approximate surface area is 124 Å². The molecule has 0 saturated carbocycles. The van der Waals surface area contributed by atoms with Crippen molar-refractivity contribution >= 4 is 11.9 Å². The van der Waals surface area contributed by atoms with Crippen molar-refractivity contribution in [1.29, 1.82) is 0 Å². The van der Waals surface area contributed by atoms with E-state index in [1.165, 1.54) is 7.11 Å². The second-order valence-corrected chi connectivity index (χ2v) is 5.22. The highest BCUT2D eigenvalue weighted by Gasteiger charge is 2.44. The van der Waals surface area contributed by atoms with Crippen molar-refractivity contribution in [2.24, 2.45) is 0 Å². The average Bonchev–Trinajstić information content (AvgIpc) is 2.55. The van der Waals surface area contributed by atoms with E-state index in [1.54, 1.807) is 0 Å². The van der Waals surface area contributed by atoms with Gasteiger partial charge in [0.05, 0.1) is 13.2 Å². The first-order valence-corrected chi connectivity index (χ1v) is 7.18. The van der Waals surface area contributed by atoms with E-state index in [4.69, 9.17) is 4.74 Å². The summed E-state index contributed by atoms with van der Waals surface area (Å²) in [5, 5.41) is 3.38. The fraction of sp³-hybridized carbons (Fsp3) is 0.500. The van der Waals surface area contributed by atoms with Gasteiger partial charge in [-0.05, 0) is 18.4 Å². The van der Waals surface area contributed by atoms with Crippen LogP contribution in [0.1, 0.15) is 37.8 Å². The van der Waals surface area contributed by atoms with Gasteiger partial charge >= 0.3 is 11.9 Å². The first-order chi connectivity index (χ1) is 10.1. The van der Waals surface area contributed by atoms with Crippen molar-refractivity contribution in [2.75, 3.05) is 13.7 Å². The van der Waals surface area contributed by atoms with Gasteiger partial charge < -0.3 is 9.47 Å². The number of nitrogens with one attached hydrogen (secondary N) is 1. The van der Waals surface area contributed by atoms with Gasteiger partial charge in [0.25, 0.3) is 0 Å². The van der Waals surface area contributed by atoms with E-state index < -0.39 is 5.54 Å². The highest BCUT2D eigenvalue weighted by molar-refractivity contribution is 5.82. The summed E-state index contributed by atoms with van der Waals surface area (Å²) in [6.45, 7) is 2.22. The largest absolute Gasteiger partial charge is 0.469 e. The highest BCUT2D eigenvalue weighted by atomic mass is 16.5. The number of methoxy groups -OCH3 is 1. The second-order valence-electron chi connectivity index (χ2n) is 5.22. The molecule has 0 unspecified atom stereocenters. The molecule has 1 aliphatic rings. The molecular formula is C16H21NO4. The van der Waals surface area contributed by atoms with Crippen LogP contribution in [0.4, 0.5) is 0 Å². The Morgan fingerprint density at radius 2 is 2.14 bits per heavy atom. The first kappa shape index (κ1) is 15.5. The number of rotatable bonds is 5. The van der Waals surface area contributed by atoms with Crippen LogP contribution in [0.2, 0.25) is 0 Å². The Bertz CT molecular complexity index is 502. The van der Waals surface area contributed by atoms with Crippen molar-refractivity contribution in [2.45, 2.75) is 37.8 Å². The molecular weight excluding hydrogens is 270 g/mol. The number of hydrogen-bond acceptors (Lipinski definition) is 5. The monoisotopic (exact) mass is 291 g/mol. The predicted octanol–water partition coefficient (Wildman–Crippen LogP) is 1.98. The first-order valence-electron chi connectivity index (χ1n) is 7.18. The molecule has 1 saturated heterocycles. The number of cyclic esters (lactones) is 1. The Morgan fingerprint density at radius 1 is 1.43 bits per heavy atom. The van der Waals surface area contributed by atoms with E-state index in [1.807, 2.05) is 37.3 Å². The Balaban J connectivity index is 2.14. The number of morpholine rings is 1. The quantitative estimate of drug-likeness (QED) is 0.840. The smallest absolute Gasteiger partial charge is 0.326 e. The van der Waals surface area contributed by atoms with E-state index in [2.05, 4.69) is 10.1 Å². The van der Waals surface area contributed by atoms with E-state index in [0.717, 1.165) is 5.56 Å². The maximum Gasteiger partial charge on any atom is 0.326 e. The molecule has 1 aliphatic heterocycles. The van der Waals surface area contributed by atoms with Gasteiger partial charge in [-0.15, -0.1) is 0 Å². The fourth-order valence-electron chi connectivity index (χ4n) is 2.61. The van der Waals surface area contributed by atoms with Crippen molar-refractivity contribution in [3.8, 4) is 0 Å². The molecule has 5 nitrogen and oxygen atoms in total. The van der Waals surface area contributed by atoms with E-state index in [-0.39, 0.29) is 24.4 Å². The van der Waals surface area contributed by atoms with Gasteiger partial charge in [-0.3, -0.25) is 14.9 Å². The zero-order valence-corrected chi connectivity index (χ0v) is 12.4. The number of carbonyl (C=O) groups excluding carboxylic acids is 2. The topological polar surface area (TPSA) is 64.6 Å². The predicted molar refractivity (Wildman–Crippen MR) is 77.5 cm³/mol. The normalized spacial score (nSPS) is 25.2. The van der Waals surface area contributed by atoms with Crippen molar-refractivity contribution < 1.29 is 19.1 Å². The Morgan fingerprint density at radius 3 is 2.76 bits per heavy atom. The van der Waals surface area contributed by atoms with Crippen LogP contribution in [0, 0.1) is 0 Å². The summed E-state index contributed by atoms with van der Waals surface area (Å²) in [4.78, 5) is 23.6. The maximum atomic E-state index is 12.2. The lowest BCUT2D eigenvalue weighted by molar-refractivity contribution is -0.160. The molecule has 1 aromatic carbocycles. The van der Waals surface area contributed by atoms with Crippen LogP contribution >= 0.6 is 0 Å². The van der Waals surface area contributed by atoms with Crippen molar-refractivity contribution in [3.05, 3.63) is 35.9 Å². The molecule has 0 radical (unpaired) electrons. The lowest BCUT2D eigenvalue weighted by atomic mass is 9.87. The van der Waals surface area contributed by atoms with Gasteiger partial charge in [0.15, 0.2) is 0 Å². The third-order valence-corrected chi connectivity index (χ3v) is 4.01. The maximum absolute atomic E-state index is 12.2. The van der Waals surface area contributed by atoms with Gasteiger partial charge in [0.1, 0.15) is 12.1 Å². The minimum atomic E-state index is -0.826. The summed E-state index contributed by atoms with van der Waals surface area (Å²) in [5.41, 5.74) is 0.244. The molecule has 2 rings (SSSR count). The zero-order valence-electron chi connectivity index (χ0n) is 12.4. The van der Waals surface area contributed by atoms with Crippen LogP contribution in [0.3, 0.4) is 0 Å². The van der Waals surface area contributed by atoms with Crippen molar-refractivity contribution in [3.63, 3.8) is 0 Å². The third kappa shape index (κ3) is 3.42. The molecule has 114 valence electrons. The molecule has 0 aliphatic carbocycles. The van der Waals surface area contributed by atoms with Crippen LogP contribution in [0.5, 0.6) is 0 Å². The Hall–Kier alpha value is -1.88. The number of carbonyl (C=O) groups is 2. The Kier molecular flexibility index (Phi) is 4.96. The molecule has 0 spiro atoms. The van der Waals surface area contributed by atoms with Crippen LogP contribution in [-0.2, 0) is 19.1 Å². The molecule has 1 fully saturated rings. The van der Waals surface area contributed by atoms with Gasteiger partial charge in [-0.2, -0.15) is 0 Å². The van der Waals surface area contributed by atoms with Crippen molar-refractivity contribution in [1.82, 2.24) is 5.32 Å². The lowest BCUT2D eigenvalue weighted by Crippen LogP contribution is -2.58. The van der Waals surface area contributed by atoms with E-state index in [9.17, 15) is 9.59 Å². The van der Waals surface area contributed by atoms with E-state index in [0.29, 0.717) is 19.4 Å². The molecule has 21 heavy (non-hydrogen) atoms. The summed E-state index contributed by atoms with van der Waals surface area (Å²) < 4.78 is 10.0. The standard InChI is InChI=1S/C16H21NO4/c1-3-16(10-9-14(18)20-2)15(19)21-11-13(17-16)12-7-5-4-6-8-12/h4-8,13,17H,3,9-11H2,1-2H3/t13-,16+/m1/s1. The van der Waals surface area contributed by atoms with Gasteiger partial charge in [0.2, 0.25) is 0 Å². The molecule has 1 aromatic rings. The van der Waals surface area contributed by atoms with Crippen LogP contribution in [0.25, 0.3) is 0 Å². The lowest BCUT2D eigenvalue weighted by Gasteiger charge is -2.40. The zero-order chi connectivity index (χ0) is 15.3. The molecule has 5 heteroatoms. The molecule has 1 N–H and O–H groups in total. The van der Waals surface area contributed by atoms with Crippen LogP contribution in [-0.4, -0.2) is 31.2 Å². The average molecular weight is 291 g/mol. The molecule has 0 amide bonds. The number of hydrogen-bond donors (Lipinski definition) is 1.